The Morgan fingerprint density at radius 1 is 0.780 bits per heavy atom. The summed E-state index contributed by atoms with van der Waals surface area (Å²) in [4.78, 5) is 14.1. The summed E-state index contributed by atoms with van der Waals surface area (Å²) in [5.41, 5.74) is 10.6. The quantitative estimate of drug-likeness (QED) is 0.162. The number of hydrogen-bond acceptors (Lipinski definition) is 4. The number of pyridine rings is 2. The van der Waals surface area contributed by atoms with Crippen molar-refractivity contribution in [3.05, 3.63) is 143 Å². The average molecular weight is 839 g/mol. The van der Waals surface area contributed by atoms with Gasteiger partial charge in [0.05, 0.1) is 16.9 Å². The molecule has 0 bridgehead atoms. The molecule has 0 N–H and O–H groups in total. The van der Waals surface area contributed by atoms with E-state index >= 15 is 0 Å². The van der Waals surface area contributed by atoms with Gasteiger partial charge in [0.1, 0.15) is 5.58 Å². The van der Waals surface area contributed by atoms with Gasteiger partial charge in [-0.15, -0.1) is 53.6 Å². The van der Waals surface area contributed by atoms with Gasteiger partial charge in [-0.2, -0.15) is 0 Å². The van der Waals surface area contributed by atoms with Crippen molar-refractivity contribution >= 4 is 33.1 Å². The minimum Gasteiger partial charge on any atom is -0.501 e. The minimum atomic E-state index is -2.18. The van der Waals surface area contributed by atoms with E-state index in [2.05, 4.69) is 86.6 Å². The molecule has 0 fully saturated rings. The summed E-state index contributed by atoms with van der Waals surface area (Å²) >= 11 is 0. The van der Waals surface area contributed by atoms with Gasteiger partial charge in [-0.3, -0.25) is 4.98 Å². The first-order chi connectivity index (χ1) is 26.1. The van der Waals surface area contributed by atoms with E-state index in [9.17, 15) is 0 Å². The van der Waals surface area contributed by atoms with Crippen molar-refractivity contribution in [1.82, 2.24) is 19.5 Å². The number of imidazole rings is 1. The molecule has 8 aromatic rings. The maximum Gasteiger partial charge on any atom is 0.155 e. The maximum atomic E-state index is 7.28. The number of hydrogen-bond donors (Lipinski definition) is 0. The third-order valence-electron chi connectivity index (χ3n) is 8.73. The molecule has 1 radical (unpaired) electrons. The summed E-state index contributed by atoms with van der Waals surface area (Å²) in [6.07, 6.45) is 3.17. The number of rotatable bonds is 5. The zero-order chi connectivity index (χ0) is 39.2. The van der Waals surface area contributed by atoms with Crippen LogP contribution in [0.3, 0.4) is 0 Å². The van der Waals surface area contributed by atoms with E-state index in [1.165, 1.54) is 35.5 Å². The van der Waals surface area contributed by atoms with Crippen LogP contribution >= 0.6 is 0 Å². The predicted octanol–water partition coefficient (Wildman–Crippen LogP) is 11.5. The average Bonchev–Trinajstić information content (AvgIpc) is 3.74. The van der Waals surface area contributed by atoms with Crippen LogP contribution in [0.25, 0.3) is 61.4 Å². The molecule has 0 spiro atoms. The van der Waals surface area contributed by atoms with Crippen LogP contribution < -0.4 is 0 Å². The first kappa shape index (κ1) is 27.9. The van der Waals surface area contributed by atoms with Gasteiger partial charge in [0.25, 0.3) is 0 Å². The van der Waals surface area contributed by atoms with Gasteiger partial charge in [-0.05, 0) is 65.7 Å². The number of fused-ring (bicyclic) bond motifs is 4. The van der Waals surface area contributed by atoms with Gasteiger partial charge in [-0.1, -0.05) is 94.0 Å². The second-order valence-electron chi connectivity index (χ2n) is 12.8. The maximum absolute atomic E-state index is 7.28. The van der Waals surface area contributed by atoms with Gasteiger partial charge >= 0.3 is 0 Å². The van der Waals surface area contributed by atoms with Gasteiger partial charge in [0.15, 0.2) is 5.65 Å². The first-order valence-corrected chi connectivity index (χ1v) is 16.4. The van der Waals surface area contributed by atoms with E-state index in [1.54, 1.807) is 12.1 Å². The molecule has 0 aliphatic rings. The van der Waals surface area contributed by atoms with Crippen LogP contribution in [0.2, 0.25) is 0 Å². The molecular weight excluding hydrogens is 793 g/mol. The summed E-state index contributed by atoms with van der Waals surface area (Å²) in [5.74, 6) is 1.48. The fourth-order valence-corrected chi connectivity index (χ4v) is 6.24. The SMILES string of the molecule is Cc1ccnc2c1nc(-c1[c-]ccc3c1oc1ccccc13)n2-c1c(C(C)C)cccc1C(C)C.[2H]C([2H])([2H])c1c[c-]c(-c2ccc(C([2H])([2H])[2H])cn2)cc1.[Ir]. The van der Waals surface area contributed by atoms with Crippen LogP contribution in [0.1, 0.15) is 75.6 Å². The third kappa shape index (κ3) is 6.54. The summed E-state index contributed by atoms with van der Waals surface area (Å²) < 4.78 is 52.3. The first-order valence-electron chi connectivity index (χ1n) is 19.4. The van der Waals surface area contributed by atoms with Crippen molar-refractivity contribution in [1.29, 1.82) is 0 Å². The van der Waals surface area contributed by atoms with E-state index in [1.807, 2.05) is 36.5 Å². The fourth-order valence-electron chi connectivity index (χ4n) is 6.24. The van der Waals surface area contributed by atoms with Crippen LogP contribution in [-0.4, -0.2) is 19.5 Å². The van der Waals surface area contributed by atoms with Crippen LogP contribution in [0.4, 0.5) is 0 Å². The zero-order valence-corrected chi connectivity index (χ0v) is 30.9. The van der Waals surface area contributed by atoms with E-state index in [0.717, 1.165) is 55.7 Å². The van der Waals surface area contributed by atoms with Crippen molar-refractivity contribution in [2.45, 2.75) is 60.2 Å². The second kappa shape index (κ2) is 14.5. The molecule has 0 atom stereocenters. The molecular formula is C44H40IrN4O-2. The van der Waals surface area contributed by atoms with Gasteiger partial charge in [-0.25, -0.2) is 4.98 Å². The molecule has 253 valence electrons. The van der Waals surface area contributed by atoms with Gasteiger partial charge in [0.2, 0.25) is 0 Å². The summed E-state index contributed by atoms with van der Waals surface area (Å²) in [6.45, 7) is 6.72. The molecule has 8 rings (SSSR count). The standard InChI is InChI=1S/C31H28N3O.C13H12N.Ir/c1-18(2)21-11-8-12-22(19(3)4)28(21)34-30(33-27-20(5)16-17-32-31(27)34)25-14-9-13-24-23-10-6-7-15-26(23)35-29(24)25;1-10-3-6-12(7-4-10)13-8-5-11(2)9-14-13;/h6-13,15-19H,1-5H3;3-6,8-9H,1-2H3;/q2*-1;/i;1D3,2D3;. The van der Waals surface area contributed by atoms with E-state index in [-0.39, 0.29) is 31.2 Å². The van der Waals surface area contributed by atoms with E-state index in [4.69, 9.17) is 22.6 Å². The molecule has 0 amide bonds. The number of aryl methyl sites for hydroxylation is 3. The minimum absolute atomic E-state index is 0. The predicted molar refractivity (Wildman–Crippen MR) is 201 cm³/mol. The van der Waals surface area contributed by atoms with Crippen LogP contribution in [0, 0.1) is 32.8 Å². The fraction of sp³-hybridized carbons (Fsp3) is 0.205. The summed E-state index contributed by atoms with van der Waals surface area (Å²) in [6, 6.07) is 34.8. The van der Waals surface area contributed by atoms with Gasteiger partial charge < -0.3 is 14.0 Å². The number of para-hydroxylation sites is 2. The molecule has 0 saturated heterocycles. The Morgan fingerprint density at radius 2 is 1.54 bits per heavy atom. The molecule has 0 unspecified atom stereocenters. The Kier molecular flexibility index (Phi) is 8.10. The molecule has 0 aliphatic carbocycles. The zero-order valence-electron chi connectivity index (χ0n) is 34.5. The number of aromatic nitrogens is 4. The molecule has 4 heterocycles. The third-order valence-corrected chi connectivity index (χ3v) is 8.73. The summed E-state index contributed by atoms with van der Waals surface area (Å²) in [7, 11) is 0. The van der Waals surface area contributed by atoms with Crippen molar-refractivity contribution in [2.75, 3.05) is 0 Å². The van der Waals surface area contributed by atoms with Crippen molar-refractivity contribution in [3.8, 4) is 28.3 Å². The van der Waals surface area contributed by atoms with Crippen LogP contribution in [0.15, 0.2) is 108 Å². The molecule has 4 aromatic carbocycles. The monoisotopic (exact) mass is 839 g/mol. The Bertz CT molecular complexity index is 2560. The largest absolute Gasteiger partial charge is 0.501 e. The van der Waals surface area contributed by atoms with Crippen LogP contribution in [-0.2, 0) is 20.1 Å². The van der Waals surface area contributed by atoms with Crippen molar-refractivity contribution in [2.24, 2.45) is 0 Å². The Balaban J connectivity index is 0.000000217. The smallest absolute Gasteiger partial charge is 0.155 e. The molecule has 0 aliphatic heterocycles. The Morgan fingerprint density at radius 3 is 2.22 bits per heavy atom. The number of benzene rings is 4. The molecule has 6 heteroatoms. The molecule has 5 nitrogen and oxygen atoms in total. The van der Waals surface area contributed by atoms with Gasteiger partial charge in [0, 0.05) is 51.8 Å². The molecule has 50 heavy (non-hydrogen) atoms. The number of nitrogens with zero attached hydrogens (tertiary/aromatic N) is 4. The topological polar surface area (TPSA) is 56.7 Å². The van der Waals surface area contributed by atoms with Crippen molar-refractivity contribution in [3.63, 3.8) is 0 Å². The van der Waals surface area contributed by atoms with E-state index < -0.39 is 13.7 Å². The van der Waals surface area contributed by atoms with Crippen LogP contribution in [0.5, 0.6) is 0 Å². The second-order valence-corrected chi connectivity index (χ2v) is 12.8. The number of furan rings is 1. The Hall–Kier alpha value is -4.90. The van der Waals surface area contributed by atoms with E-state index in [0.29, 0.717) is 23.1 Å². The molecule has 4 aromatic heterocycles. The Labute approximate surface area is 316 Å². The molecule has 0 saturated carbocycles. The van der Waals surface area contributed by atoms with Crippen molar-refractivity contribution < 1.29 is 32.7 Å². The summed E-state index contributed by atoms with van der Waals surface area (Å²) in [5, 5.41) is 2.17. The normalized spacial score (nSPS) is 13.6.